The Labute approximate surface area is 156 Å². The first kappa shape index (κ1) is 17.8. The number of carbonyl (C=O) groups is 1. The monoisotopic (exact) mass is 395 g/mol. The van der Waals surface area contributed by atoms with Crippen molar-refractivity contribution in [3.8, 4) is 0 Å². The van der Waals surface area contributed by atoms with Crippen LogP contribution in [-0.4, -0.2) is 61.5 Å². The number of anilines is 1. The SMILES string of the molecule is O=C(NC[C@@H]1CCCO1)c1ccc(NC2=N[C@H]3CS(=O)(=O)C[C@H]3S2)cc1. The molecule has 2 N–H and O–H groups in total. The van der Waals surface area contributed by atoms with Crippen LogP contribution in [0.1, 0.15) is 23.2 Å². The standard InChI is InChI=1S/C17H21N3O4S2/c21-16(18-8-13-2-1-7-24-13)11-3-5-12(6-4-11)19-17-20-14-9-26(22,23)10-15(14)25-17/h3-6,13-15H,1-2,7-10H2,(H,18,21)(H,19,20)/t13-,14-,15+/m0/s1. The van der Waals surface area contributed by atoms with Gasteiger partial charge in [-0.05, 0) is 37.1 Å². The van der Waals surface area contributed by atoms with Crippen LogP contribution in [0.4, 0.5) is 5.69 Å². The third kappa shape index (κ3) is 4.05. The Bertz CT molecular complexity index is 817. The van der Waals surface area contributed by atoms with Gasteiger partial charge in [-0.15, -0.1) is 0 Å². The van der Waals surface area contributed by atoms with Crippen LogP contribution in [0.3, 0.4) is 0 Å². The normalized spacial score (nSPS) is 29.2. The number of fused-ring (bicyclic) bond motifs is 1. The van der Waals surface area contributed by atoms with E-state index in [-0.39, 0.29) is 34.8 Å². The molecule has 3 aliphatic heterocycles. The van der Waals surface area contributed by atoms with Crippen molar-refractivity contribution in [3.63, 3.8) is 0 Å². The predicted molar refractivity (Wildman–Crippen MR) is 103 cm³/mol. The molecule has 0 radical (unpaired) electrons. The van der Waals surface area contributed by atoms with Crippen molar-refractivity contribution < 1.29 is 17.9 Å². The van der Waals surface area contributed by atoms with Gasteiger partial charge >= 0.3 is 0 Å². The van der Waals surface area contributed by atoms with Crippen LogP contribution < -0.4 is 10.6 Å². The molecule has 1 aromatic rings. The topological polar surface area (TPSA) is 96.9 Å². The van der Waals surface area contributed by atoms with Crippen LogP contribution in [0.15, 0.2) is 29.3 Å². The quantitative estimate of drug-likeness (QED) is 0.797. The van der Waals surface area contributed by atoms with E-state index < -0.39 is 9.84 Å². The van der Waals surface area contributed by atoms with E-state index in [1.807, 2.05) is 12.1 Å². The van der Waals surface area contributed by atoms with Crippen LogP contribution >= 0.6 is 11.8 Å². The zero-order valence-corrected chi connectivity index (χ0v) is 15.8. The summed E-state index contributed by atoms with van der Waals surface area (Å²) in [6, 6.07) is 7.04. The summed E-state index contributed by atoms with van der Waals surface area (Å²) in [6.45, 7) is 1.31. The third-order valence-corrected chi connectivity index (χ3v) is 7.87. The lowest BCUT2D eigenvalue weighted by atomic mass is 10.2. The summed E-state index contributed by atoms with van der Waals surface area (Å²) in [7, 11) is -2.94. The molecule has 0 unspecified atom stereocenters. The van der Waals surface area contributed by atoms with Gasteiger partial charge in [0, 0.05) is 29.7 Å². The molecular weight excluding hydrogens is 374 g/mol. The zero-order chi connectivity index (χ0) is 18.1. The van der Waals surface area contributed by atoms with Crippen molar-refractivity contribution in [3.05, 3.63) is 29.8 Å². The molecule has 2 saturated heterocycles. The van der Waals surface area contributed by atoms with Crippen molar-refractivity contribution in [2.45, 2.75) is 30.2 Å². The van der Waals surface area contributed by atoms with Gasteiger partial charge < -0.3 is 15.4 Å². The number of hydrogen-bond acceptors (Lipinski definition) is 7. The second-order valence-electron chi connectivity index (χ2n) is 6.78. The van der Waals surface area contributed by atoms with Crippen molar-refractivity contribution in [1.29, 1.82) is 0 Å². The minimum absolute atomic E-state index is 0.0188. The minimum atomic E-state index is -2.94. The molecule has 140 valence electrons. The third-order valence-electron chi connectivity index (χ3n) is 4.73. The van der Waals surface area contributed by atoms with Gasteiger partial charge in [0.05, 0.1) is 23.7 Å². The molecule has 0 aliphatic carbocycles. The molecule has 1 amide bonds. The molecule has 0 aromatic heterocycles. The van der Waals surface area contributed by atoms with Gasteiger partial charge in [0.2, 0.25) is 0 Å². The number of nitrogens with zero attached hydrogens (tertiary/aromatic N) is 1. The first-order chi connectivity index (χ1) is 12.5. The number of hydrogen-bond donors (Lipinski definition) is 2. The summed E-state index contributed by atoms with van der Waals surface area (Å²) in [4.78, 5) is 16.6. The number of thioether (sulfide) groups is 1. The lowest BCUT2D eigenvalue weighted by Gasteiger charge is -2.11. The fourth-order valence-electron chi connectivity index (χ4n) is 3.36. The molecule has 4 rings (SSSR count). The maximum atomic E-state index is 12.2. The van der Waals surface area contributed by atoms with Crippen LogP contribution in [0.5, 0.6) is 0 Å². The lowest BCUT2D eigenvalue weighted by molar-refractivity contribution is 0.0858. The summed E-state index contributed by atoms with van der Waals surface area (Å²) in [5.74, 6) is 0.222. The minimum Gasteiger partial charge on any atom is -0.376 e. The second-order valence-corrected chi connectivity index (χ2v) is 10.2. The molecule has 9 heteroatoms. The van der Waals surface area contributed by atoms with Crippen LogP contribution in [-0.2, 0) is 14.6 Å². The average Bonchev–Trinajstić information content (AvgIpc) is 3.28. The molecule has 3 aliphatic rings. The number of carbonyl (C=O) groups excluding carboxylic acids is 1. The van der Waals surface area contributed by atoms with Gasteiger partial charge in [-0.25, -0.2) is 8.42 Å². The number of amides is 1. The van der Waals surface area contributed by atoms with E-state index in [4.69, 9.17) is 4.74 Å². The van der Waals surface area contributed by atoms with Gasteiger partial charge in [0.15, 0.2) is 15.0 Å². The summed E-state index contributed by atoms with van der Waals surface area (Å²) >= 11 is 1.48. The fraction of sp³-hybridized carbons (Fsp3) is 0.529. The van der Waals surface area contributed by atoms with E-state index in [9.17, 15) is 13.2 Å². The molecule has 3 heterocycles. The number of ether oxygens (including phenoxy) is 1. The number of sulfone groups is 1. The highest BCUT2D eigenvalue weighted by atomic mass is 32.2. The second kappa shape index (κ2) is 7.21. The van der Waals surface area contributed by atoms with E-state index in [0.29, 0.717) is 12.1 Å². The summed E-state index contributed by atoms with van der Waals surface area (Å²) in [6.07, 6.45) is 2.17. The highest BCUT2D eigenvalue weighted by molar-refractivity contribution is 8.15. The molecule has 0 saturated carbocycles. The smallest absolute Gasteiger partial charge is 0.251 e. The van der Waals surface area contributed by atoms with Gasteiger partial charge in [0.25, 0.3) is 5.91 Å². The van der Waals surface area contributed by atoms with E-state index in [0.717, 1.165) is 30.3 Å². The average molecular weight is 396 g/mol. The summed E-state index contributed by atoms with van der Waals surface area (Å²) in [5.41, 5.74) is 1.42. The van der Waals surface area contributed by atoms with Crippen molar-refractivity contribution in [2.75, 3.05) is 30.0 Å². The maximum Gasteiger partial charge on any atom is 0.251 e. The number of rotatable bonds is 4. The molecular formula is C17H21N3O4S2. The largest absolute Gasteiger partial charge is 0.376 e. The number of aliphatic imine (C=N–C) groups is 1. The molecule has 0 spiro atoms. The Morgan fingerprint density at radius 1 is 1.27 bits per heavy atom. The first-order valence-electron chi connectivity index (χ1n) is 8.70. The Balaban J connectivity index is 1.31. The summed E-state index contributed by atoms with van der Waals surface area (Å²) < 4.78 is 28.7. The van der Waals surface area contributed by atoms with Gasteiger partial charge in [-0.1, -0.05) is 11.8 Å². The Morgan fingerprint density at radius 3 is 2.77 bits per heavy atom. The maximum absolute atomic E-state index is 12.2. The Kier molecular flexibility index (Phi) is 4.94. The van der Waals surface area contributed by atoms with Crippen LogP contribution in [0, 0.1) is 0 Å². The van der Waals surface area contributed by atoms with Gasteiger partial charge in [-0.2, -0.15) is 0 Å². The van der Waals surface area contributed by atoms with Crippen molar-refractivity contribution >= 4 is 38.4 Å². The molecule has 7 nitrogen and oxygen atoms in total. The highest BCUT2D eigenvalue weighted by Crippen LogP contribution is 2.34. The van der Waals surface area contributed by atoms with Gasteiger partial charge in [0.1, 0.15) is 0 Å². The van der Waals surface area contributed by atoms with Gasteiger partial charge in [-0.3, -0.25) is 9.79 Å². The van der Waals surface area contributed by atoms with Crippen molar-refractivity contribution in [2.24, 2.45) is 4.99 Å². The van der Waals surface area contributed by atoms with E-state index in [1.54, 1.807) is 12.1 Å². The molecule has 0 bridgehead atoms. The van der Waals surface area contributed by atoms with E-state index >= 15 is 0 Å². The Hall–Kier alpha value is -1.58. The number of amidine groups is 1. The molecule has 3 atom stereocenters. The fourth-order valence-corrected chi connectivity index (χ4v) is 7.03. The molecule has 26 heavy (non-hydrogen) atoms. The Morgan fingerprint density at radius 2 is 2.08 bits per heavy atom. The first-order valence-corrected chi connectivity index (χ1v) is 11.4. The van der Waals surface area contributed by atoms with Crippen molar-refractivity contribution in [1.82, 2.24) is 5.32 Å². The van der Waals surface area contributed by atoms with E-state index in [1.165, 1.54) is 11.8 Å². The summed E-state index contributed by atoms with van der Waals surface area (Å²) in [5, 5.41) is 6.87. The zero-order valence-electron chi connectivity index (χ0n) is 14.2. The predicted octanol–water partition coefficient (Wildman–Crippen LogP) is 1.28. The van der Waals surface area contributed by atoms with E-state index in [2.05, 4.69) is 15.6 Å². The molecule has 2 fully saturated rings. The lowest BCUT2D eigenvalue weighted by Crippen LogP contribution is -2.31. The van der Waals surface area contributed by atoms with Crippen LogP contribution in [0.25, 0.3) is 0 Å². The molecule has 1 aromatic carbocycles. The number of benzene rings is 1. The highest BCUT2D eigenvalue weighted by Gasteiger charge is 2.42. The van der Waals surface area contributed by atoms with Crippen LogP contribution in [0.2, 0.25) is 0 Å². The number of nitrogens with one attached hydrogen (secondary N) is 2.